The highest BCUT2D eigenvalue weighted by molar-refractivity contribution is 5.42. The van der Waals surface area contributed by atoms with Crippen LogP contribution >= 0.6 is 0 Å². The zero-order chi connectivity index (χ0) is 15.4. The Kier molecular flexibility index (Phi) is 5.16. The van der Waals surface area contributed by atoms with Gasteiger partial charge in [-0.3, -0.25) is 0 Å². The van der Waals surface area contributed by atoms with Crippen molar-refractivity contribution in [3.8, 4) is 6.01 Å². The lowest BCUT2D eigenvalue weighted by molar-refractivity contribution is 0.175. The van der Waals surface area contributed by atoms with E-state index in [2.05, 4.69) is 21.8 Å². The molecule has 2 fully saturated rings. The average molecular weight is 303 g/mol. The first-order valence-electron chi connectivity index (χ1n) is 9.02. The van der Waals surface area contributed by atoms with E-state index in [4.69, 9.17) is 0 Å². The van der Waals surface area contributed by atoms with Gasteiger partial charge >= 0.3 is 6.01 Å². The quantitative estimate of drug-likeness (QED) is 0.913. The van der Waals surface area contributed by atoms with Crippen molar-refractivity contribution in [3.63, 3.8) is 0 Å². The van der Waals surface area contributed by atoms with Crippen molar-refractivity contribution >= 4 is 5.69 Å². The SMILES string of the molecule is CCCC1CCC(C2CCN(c3cnc(O)nc3)CC2)CC1. The molecule has 4 nitrogen and oxygen atoms in total. The van der Waals surface area contributed by atoms with Gasteiger partial charge in [0.15, 0.2) is 0 Å². The van der Waals surface area contributed by atoms with Gasteiger partial charge in [0.25, 0.3) is 0 Å². The maximum Gasteiger partial charge on any atom is 0.313 e. The van der Waals surface area contributed by atoms with Crippen LogP contribution in [0.5, 0.6) is 6.01 Å². The first-order valence-corrected chi connectivity index (χ1v) is 9.02. The zero-order valence-corrected chi connectivity index (χ0v) is 13.7. The van der Waals surface area contributed by atoms with Crippen LogP contribution in [0.3, 0.4) is 0 Å². The van der Waals surface area contributed by atoms with Crippen LogP contribution in [0.15, 0.2) is 12.4 Å². The van der Waals surface area contributed by atoms with E-state index in [9.17, 15) is 5.11 Å². The maximum atomic E-state index is 9.19. The zero-order valence-electron chi connectivity index (χ0n) is 13.7. The third-order valence-corrected chi connectivity index (χ3v) is 5.78. The Morgan fingerprint density at radius 3 is 2.18 bits per heavy atom. The second kappa shape index (κ2) is 7.30. The summed E-state index contributed by atoms with van der Waals surface area (Å²) in [5.74, 6) is 2.89. The van der Waals surface area contributed by atoms with Gasteiger partial charge in [0.2, 0.25) is 0 Å². The van der Waals surface area contributed by atoms with E-state index in [-0.39, 0.29) is 6.01 Å². The van der Waals surface area contributed by atoms with E-state index in [0.717, 1.165) is 36.5 Å². The lowest BCUT2D eigenvalue weighted by Crippen LogP contribution is -2.37. The Hall–Kier alpha value is -1.32. The number of rotatable bonds is 4. The number of anilines is 1. The Bertz CT molecular complexity index is 446. The van der Waals surface area contributed by atoms with E-state index < -0.39 is 0 Å². The van der Waals surface area contributed by atoms with Gasteiger partial charge in [-0.2, -0.15) is 0 Å². The van der Waals surface area contributed by atoms with Crippen LogP contribution in [-0.2, 0) is 0 Å². The number of hydrogen-bond acceptors (Lipinski definition) is 4. The number of hydrogen-bond donors (Lipinski definition) is 1. The fourth-order valence-electron chi connectivity index (χ4n) is 4.46. The van der Waals surface area contributed by atoms with E-state index >= 15 is 0 Å². The van der Waals surface area contributed by atoms with E-state index in [0.29, 0.717) is 0 Å². The topological polar surface area (TPSA) is 49.2 Å². The number of aromatic hydroxyl groups is 1. The molecular weight excluding hydrogens is 274 g/mol. The van der Waals surface area contributed by atoms with Crippen molar-refractivity contribution in [1.82, 2.24) is 9.97 Å². The summed E-state index contributed by atoms with van der Waals surface area (Å²) < 4.78 is 0. The molecule has 0 atom stereocenters. The predicted molar refractivity (Wildman–Crippen MR) is 89.0 cm³/mol. The predicted octanol–water partition coefficient (Wildman–Crippen LogP) is 4.01. The van der Waals surface area contributed by atoms with Crippen LogP contribution in [0.4, 0.5) is 5.69 Å². The molecule has 0 aromatic carbocycles. The molecule has 0 amide bonds. The van der Waals surface area contributed by atoms with Crippen LogP contribution in [0, 0.1) is 17.8 Å². The Balaban J connectivity index is 1.47. The van der Waals surface area contributed by atoms with Gasteiger partial charge in [0.05, 0.1) is 18.1 Å². The molecule has 122 valence electrons. The van der Waals surface area contributed by atoms with Crippen LogP contribution in [0.25, 0.3) is 0 Å². The van der Waals surface area contributed by atoms with E-state index in [1.54, 1.807) is 12.4 Å². The fourth-order valence-corrected chi connectivity index (χ4v) is 4.46. The molecular formula is C18H29N3O. The molecule has 1 saturated carbocycles. The molecule has 2 heterocycles. The number of aromatic nitrogens is 2. The molecule has 1 N–H and O–H groups in total. The normalized spacial score (nSPS) is 27.0. The summed E-state index contributed by atoms with van der Waals surface area (Å²) in [5.41, 5.74) is 1.04. The highest BCUT2D eigenvalue weighted by atomic mass is 16.3. The highest BCUT2D eigenvalue weighted by Gasteiger charge is 2.30. The summed E-state index contributed by atoms with van der Waals surface area (Å²) >= 11 is 0. The van der Waals surface area contributed by atoms with Crippen LogP contribution in [0.1, 0.15) is 58.3 Å². The molecule has 4 heteroatoms. The maximum absolute atomic E-state index is 9.19. The number of piperidine rings is 1. The lowest BCUT2D eigenvalue weighted by atomic mass is 9.72. The minimum absolute atomic E-state index is 0.137. The second-order valence-electron chi connectivity index (χ2n) is 7.14. The summed E-state index contributed by atoms with van der Waals surface area (Å²) in [5, 5.41) is 9.19. The van der Waals surface area contributed by atoms with Crippen molar-refractivity contribution in [1.29, 1.82) is 0 Å². The smallest absolute Gasteiger partial charge is 0.313 e. The molecule has 22 heavy (non-hydrogen) atoms. The summed E-state index contributed by atoms with van der Waals surface area (Å²) in [6, 6.07) is -0.137. The van der Waals surface area contributed by atoms with Gasteiger partial charge in [-0.15, -0.1) is 0 Å². The molecule has 3 rings (SSSR count). The third-order valence-electron chi connectivity index (χ3n) is 5.78. The lowest BCUT2D eigenvalue weighted by Gasteiger charge is -2.39. The minimum atomic E-state index is -0.137. The first kappa shape index (κ1) is 15.6. The van der Waals surface area contributed by atoms with E-state index in [1.165, 1.54) is 51.4 Å². The van der Waals surface area contributed by atoms with Gasteiger partial charge < -0.3 is 10.0 Å². The van der Waals surface area contributed by atoms with Gasteiger partial charge in [0, 0.05) is 13.1 Å². The van der Waals surface area contributed by atoms with Crippen molar-refractivity contribution in [2.24, 2.45) is 17.8 Å². The van der Waals surface area contributed by atoms with Gasteiger partial charge in [-0.05, 0) is 43.4 Å². The molecule has 0 spiro atoms. The van der Waals surface area contributed by atoms with Crippen LogP contribution < -0.4 is 4.90 Å². The van der Waals surface area contributed by atoms with Crippen LogP contribution in [-0.4, -0.2) is 28.2 Å². The molecule has 1 saturated heterocycles. The largest absolute Gasteiger partial charge is 0.479 e. The fraction of sp³-hybridized carbons (Fsp3) is 0.778. The van der Waals surface area contributed by atoms with Gasteiger partial charge in [-0.1, -0.05) is 32.6 Å². The third kappa shape index (κ3) is 3.71. The summed E-state index contributed by atoms with van der Waals surface area (Å²) in [4.78, 5) is 10.1. The molecule has 1 aliphatic carbocycles. The van der Waals surface area contributed by atoms with Crippen molar-refractivity contribution in [2.45, 2.75) is 58.3 Å². The van der Waals surface area contributed by atoms with Crippen molar-refractivity contribution in [3.05, 3.63) is 12.4 Å². The Morgan fingerprint density at radius 2 is 1.59 bits per heavy atom. The summed E-state index contributed by atoms with van der Waals surface area (Å²) in [7, 11) is 0. The summed E-state index contributed by atoms with van der Waals surface area (Å²) in [6.07, 6.45) is 14.7. The van der Waals surface area contributed by atoms with Gasteiger partial charge in [0.1, 0.15) is 0 Å². The van der Waals surface area contributed by atoms with Crippen LogP contribution in [0.2, 0.25) is 0 Å². The average Bonchev–Trinajstić information content (AvgIpc) is 2.57. The summed E-state index contributed by atoms with van der Waals surface area (Å²) in [6.45, 7) is 4.52. The molecule has 1 aromatic rings. The van der Waals surface area contributed by atoms with E-state index in [1.807, 2.05) is 0 Å². The minimum Gasteiger partial charge on any atom is -0.479 e. The molecule has 0 unspecified atom stereocenters. The monoisotopic (exact) mass is 303 g/mol. The molecule has 0 radical (unpaired) electrons. The first-order chi connectivity index (χ1) is 10.8. The number of nitrogens with zero attached hydrogens (tertiary/aromatic N) is 3. The van der Waals surface area contributed by atoms with Crippen molar-refractivity contribution in [2.75, 3.05) is 18.0 Å². The Labute approximate surface area is 134 Å². The Morgan fingerprint density at radius 1 is 1.00 bits per heavy atom. The van der Waals surface area contributed by atoms with Gasteiger partial charge in [-0.25, -0.2) is 9.97 Å². The molecule has 1 aliphatic heterocycles. The molecule has 2 aliphatic rings. The standard InChI is InChI=1S/C18H29N3O/c1-2-3-14-4-6-15(7-5-14)16-8-10-21(11-9-16)17-12-19-18(22)20-13-17/h12-16H,2-11H2,1H3,(H,19,20,22). The molecule has 0 bridgehead atoms. The highest BCUT2D eigenvalue weighted by Crippen LogP contribution is 2.39. The van der Waals surface area contributed by atoms with Crippen molar-refractivity contribution < 1.29 is 5.11 Å². The molecule has 1 aromatic heterocycles. The second-order valence-corrected chi connectivity index (χ2v) is 7.14.